The predicted octanol–water partition coefficient (Wildman–Crippen LogP) is 3.61. The number of benzene rings is 1. The van der Waals surface area contributed by atoms with Crippen molar-refractivity contribution < 1.29 is 4.39 Å². The molecule has 2 rings (SSSR count). The van der Waals surface area contributed by atoms with Gasteiger partial charge in [-0.1, -0.05) is 19.1 Å². The van der Waals surface area contributed by atoms with Crippen molar-refractivity contribution in [2.45, 2.75) is 64.6 Å². The lowest BCUT2D eigenvalue weighted by Gasteiger charge is -2.35. The van der Waals surface area contributed by atoms with Crippen molar-refractivity contribution in [3.63, 3.8) is 0 Å². The fourth-order valence-corrected chi connectivity index (χ4v) is 3.22. The SMILES string of the molecule is CCC1CCN(C(C)Cc2ccc(F)cc2)CCC(C)N1. The van der Waals surface area contributed by atoms with Crippen LogP contribution in [0.2, 0.25) is 0 Å². The molecule has 0 aliphatic carbocycles. The van der Waals surface area contributed by atoms with Crippen LogP contribution in [-0.4, -0.2) is 36.1 Å². The second-order valence-corrected chi connectivity index (χ2v) is 6.47. The molecule has 3 heteroatoms. The Hall–Kier alpha value is -0.930. The maximum atomic E-state index is 13.0. The van der Waals surface area contributed by atoms with Gasteiger partial charge in [0.15, 0.2) is 0 Å². The predicted molar refractivity (Wildman–Crippen MR) is 87.0 cm³/mol. The van der Waals surface area contributed by atoms with Crippen molar-refractivity contribution in [1.29, 1.82) is 0 Å². The summed E-state index contributed by atoms with van der Waals surface area (Å²) in [7, 11) is 0. The van der Waals surface area contributed by atoms with Crippen molar-refractivity contribution in [3.8, 4) is 0 Å². The molecular weight excluding hydrogens is 263 g/mol. The van der Waals surface area contributed by atoms with Gasteiger partial charge in [-0.15, -0.1) is 0 Å². The Morgan fingerprint density at radius 3 is 2.57 bits per heavy atom. The molecule has 118 valence electrons. The summed E-state index contributed by atoms with van der Waals surface area (Å²) in [6, 6.07) is 8.70. The number of halogens is 1. The molecule has 1 aliphatic rings. The van der Waals surface area contributed by atoms with Crippen molar-refractivity contribution in [2.75, 3.05) is 13.1 Å². The van der Waals surface area contributed by atoms with Crippen molar-refractivity contribution in [1.82, 2.24) is 10.2 Å². The molecule has 0 bridgehead atoms. The van der Waals surface area contributed by atoms with Gasteiger partial charge in [0.25, 0.3) is 0 Å². The van der Waals surface area contributed by atoms with Gasteiger partial charge in [0, 0.05) is 18.1 Å². The van der Waals surface area contributed by atoms with Gasteiger partial charge < -0.3 is 10.2 Å². The molecule has 2 nitrogen and oxygen atoms in total. The van der Waals surface area contributed by atoms with Crippen LogP contribution < -0.4 is 5.32 Å². The monoisotopic (exact) mass is 292 g/mol. The summed E-state index contributed by atoms with van der Waals surface area (Å²) in [6.45, 7) is 9.15. The van der Waals surface area contributed by atoms with Crippen molar-refractivity contribution in [2.24, 2.45) is 0 Å². The summed E-state index contributed by atoms with van der Waals surface area (Å²) in [4.78, 5) is 2.60. The minimum absolute atomic E-state index is 0.150. The fraction of sp³-hybridized carbons (Fsp3) is 0.667. The second-order valence-electron chi connectivity index (χ2n) is 6.47. The van der Waals surface area contributed by atoms with Crippen molar-refractivity contribution >= 4 is 0 Å². The van der Waals surface area contributed by atoms with Gasteiger partial charge in [0.05, 0.1) is 0 Å². The Labute approximate surface area is 128 Å². The summed E-state index contributed by atoms with van der Waals surface area (Å²) >= 11 is 0. The first kappa shape index (κ1) is 16.4. The Morgan fingerprint density at radius 1 is 1.24 bits per heavy atom. The third kappa shape index (κ3) is 5.08. The lowest BCUT2D eigenvalue weighted by atomic mass is 10.0. The largest absolute Gasteiger partial charge is 0.311 e. The van der Waals surface area contributed by atoms with E-state index in [-0.39, 0.29) is 5.82 Å². The summed E-state index contributed by atoms with van der Waals surface area (Å²) in [5.41, 5.74) is 1.23. The smallest absolute Gasteiger partial charge is 0.123 e. The standard InChI is InChI=1S/C18H29FN2/c1-4-18-10-12-21(11-9-14(2)20-18)15(3)13-16-5-7-17(19)8-6-16/h5-8,14-15,18,20H,4,9-13H2,1-3H3. The van der Waals surface area contributed by atoms with E-state index in [1.807, 2.05) is 12.1 Å². The second kappa shape index (κ2) is 7.90. The molecule has 1 aliphatic heterocycles. The van der Waals surface area contributed by atoms with E-state index in [9.17, 15) is 4.39 Å². The molecule has 3 unspecified atom stereocenters. The van der Waals surface area contributed by atoms with Crippen LogP contribution in [0.4, 0.5) is 4.39 Å². The molecule has 1 fully saturated rings. The first-order chi connectivity index (χ1) is 10.1. The van der Waals surface area contributed by atoms with E-state index in [0.717, 1.165) is 19.5 Å². The maximum absolute atomic E-state index is 13.0. The Balaban J connectivity index is 1.93. The highest BCUT2D eigenvalue weighted by atomic mass is 19.1. The molecule has 0 radical (unpaired) electrons. The average molecular weight is 292 g/mol. The van der Waals surface area contributed by atoms with Crippen LogP contribution in [-0.2, 0) is 6.42 Å². The van der Waals surface area contributed by atoms with E-state index in [2.05, 4.69) is 31.0 Å². The Morgan fingerprint density at radius 2 is 1.90 bits per heavy atom. The van der Waals surface area contributed by atoms with Crippen LogP contribution in [0.3, 0.4) is 0 Å². The van der Waals surface area contributed by atoms with E-state index in [0.29, 0.717) is 18.1 Å². The quantitative estimate of drug-likeness (QED) is 0.912. The van der Waals surface area contributed by atoms with Gasteiger partial charge in [-0.05, 0) is 70.3 Å². The molecule has 1 aromatic carbocycles. The van der Waals surface area contributed by atoms with Gasteiger partial charge >= 0.3 is 0 Å². The van der Waals surface area contributed by atoms with E-state index < -0.39 is 0 Å². The number of nitrogens with zero attached hydrogens (tertiary/aromatic N) is 1. The lowest BCUT2D eigenvalue weighted by Crippen LogP contribution is -2.46. The first-order valence-electron chi connectivity index (χ1n) is 8.33. The van der Waals surface area contributed by atoms with E-state index in [1.54, 1.807) is 12.1 Å². The normalized spacial score (nSPS) is 26.1. The minimum Gasteiger partial charge on any atom is -0.311 e. The highest BCUT2D eigenvalue weighted by Crippen LogP contribution is 2.15. The molecule has 1 saturated heterocycles. The van der Waals surface area contributed by atoms with Crippen LogP contribution in [0.1, 0.15) is 45.6 Å². The zero-order chi connectivity index (χ0) is 15.2. The molecule has 1 heterocycles. The van der Waals surface area contributed by atoms with Crippen LogP contribution in [0, 0.1) is 5.82 Å². The lowest BCUT2D eigenvalue weighted by molar-refractivity contribution is 0.166. The highest BCUT2D eigenvalue weighted by molar-refractivity contribution is 5.17. The first-order valence-corrected chi connectivity index (χ1v) is 8.33. The molecule has 0 aromatic heterocycles. The zero-order valence-corrected chi connectivity index (χ0v) is 13.6. The molecule has 21 heavy (non-hydrogen) atoms. The van der Waals surface area contributed by atoms with E-state index in [1.165, 1.54) is 24.8 Å². The highest BCUT2D eigenvalue weighted by Gasteiger charge is 2.21. The third-order valence-corrected chi connectivity index (χ3v) is 4.69. The van der Waals surface area contributed by atoms with Gasteiger partial charge in [0.2, 0.25) is 0 Å². The topological polar surface area (TPSA) is 15.3 Å². The van der Waals surface area contributed by atoms with E-state index in [4.69, 9.17) is 0 Å². The molecule has 0 saturated carbocycles. The van der Waals surface area contributed by atoms with Crippen LogP contribution in [0.15, 0.2) is 24.3 Å². The van der Waals surface area contributed by atoms with E-state index >= 15 is 0 Å². The molecule has 0 spiro atoms. The third-order valence-electron chi connectivity index (χ3n) is 4.69. The summed E-state index contributed by atoms with van der Waals surface area (Å²) in [5, 5.41) is 3.72. The number of nitrogens with one attached hydrogen (secondary N) is 1. The maximum Gasteiger partial charge on any atom is 0.123 e. The van der Waals surface area contributed by atoms with Crippen LogP contribution in [0.25, 0.3) is 0 Å². The zero-order valence-electron chi connectivity index (χ0n) is 13.6. The average Bonchev–Trinajstić information content (AvgIpc) is 2.45. The van der Waals surface area contributed by atoms with Crippen LogP contribution in [0.5, 0.6) is 0 Å². The minimum atomic E-state index is -0.150. The summed E-state index contributed by atoms with van der Waals surface area (Å²) < 4.78 is 13.0. The molecule has 1 aromatic rings. The number of rotatable bonds is 4. The van der Waals surface area contributed by atoms with Gasteiger partial charge in [-0.2, -0.15) is 0 Å². The van der Waals surface area contributed by atoms with Gasteiger partial charge in [0.1, 0.15) is 5.82 Å². The Kier molecular flexibility index (Phi) is 6.19. The molecule has 1 N–H and O–H groups in total. The fourth-order valence-electron chi connectivity index (χ4n) is 3.22. The Bertz CT molecular complexity index is 418. The van der Waals surface area contributed by atoms with Gasteiger partial charge in [-0.25, -0.2) is 4.39 Å². The molecule has 3 atom stereocenters. The summed E-state index contributed by atoms with van der Waals surface area (Å²) in [5.74, 6) is -0.150. The summed E-state index contributed by atoms with van der Waals surface area (Å²) in [6.07, 6.45) is 4.61. The molecule has 0 amide bonds. The molecular formula is C18H29FN2. The van der Waals surface area contributed by atoms with Crippen LogP contribution >= 0.6 is 0 Å². The van der Waals surface area contributed by atoms with Crippen molar-refractivity contribution in [3.05, 3.63) is 35.6 Å². The number of hydrogen-bond donors (Lipinski definition) is 1. The number of hydrogen-bond acceptors (Lipinski definition) is 2. The van der Waals surface area contributed by atoms with Gasteiger partial charge in [-0.3, -0.25) is 0 Å².